The van der Waals surface area contributed by atoms with E-state index in [0.717, 1.165) is 12.1 Å². The van der Waals surface area contributed by atoms with Crippen molar-refractivity contribution in [3.63, 3.8) is 0 Å². The lowest BCUT2D eigenvalue weighted by Crippen LogP contribution is -2.03. The van der Waals surface area contributed by atoms with Crippen molar-refractivity contribution >= 4 is 11.3 Å². The molecule has 16 heavy (non-hydrogen) atoms. The van der Waals surface area contributed by atoms with Crippen LogP contribution in [0.1, 0.15) is 41.5 Å². The number of anilines is 1. The van der Waals surface area contributed by atoms with Crippen LogP contribution < -0.4 is 5.73 Å². The minimum absolute atomic E-state index is 0.709. The van der Waals surface area contributed by atoms with Crippen LogP contribution in [0.5, 0.6) is 0 Å². The lowest BCUT2D eigenvalue weighted by molar-refractivity contribution is 0.912. The Morgan fingerprint density at radius 1 is 1.38 bits per heavy atom. The molecule has 0 atom stereocenters. The Balaban J connectivity index is 2.13. The molecule has 0 aliphatic heterocycles. The molecule has 2 aliphatic carbocycles. The van der Waals surface area contributed by atoms with E-state index in [-0.39, 0.29) is 0 Å². The van der Waals surface area contributed by atoms with E-state index < -0.39 is 0 Å². The third-order valence-electron chi connectivity index (χ3n) is 4.03. The molecular formula is C15H19N. The first-order chi connectivity index (χ1) is 7.68. The molecule has 0 amide bonds. The van der Waals surface area contributed by atoms with Gasteiger partial charge in [0.25, 0.3) is 0 Å². The van der Waals surface area contributed by atoms with Gasteiger partial charge in [0.2, 0.25) is 0 Å². The summed E-state index contributed by atoms with van der Waals surface area (Å²) in [5.41, 5.74) is 14.1. The molecule has 1 nitrogen and oxygen atoms in total. The smallest absolute Gasteiger partial charge is 0.0428 e. The fraction of sp³-hybridized carbons (Fsp3) is 0.467. The van der Waals surface area contributed by atoms with E-state index in [1.807, 2.05) is 0 Å². The molecule has 0 aromatic heterocycles. The number of rotatable bonds is 2. The Labute approximate surface area is 97.4 Å². The highest BCUT2D eigenvalue weighted by molar-refractivity contribution is 5.81. The van der Waals surface area contributed by atoms with Crippen LogP contribution in [0.15, 0.2) is 12.6 Å². The second kappa shape index (κ2) is 3.38. The molecule has 1 saturated carbocycles. The van der Waals surface area contributed by atoms with Crippen LogP contribution in [-0.2, 0) is 12.8 Å². The lowest BCUT2D eigenvalue weighted by Gasteiger charge is -2.16. The van der Waals surface area contributed by atoms with Crippen LogP contribution in [-0.4, -0.2) is 0 Å². The van der Waals surface area contributed by atoms with Gasteiger partial charge in [0.15, 0.2) is 0 Å². The number of benzene rings is 1. The van der Waals surface area contributed by atoms with Crippen molar-refractivity contribution in [3.05, 3.63) is 34.9 Å². The zero-order chi connectivity index (χ0) is 11.3. The molecule has 0 spiro atoms. The zero-order valence-electron chi connectivity index (χ0n) is 9.97. The third-order valence-corrected chi connectivity index (χ3v) is 4.03. The fourth-order valence-corrected chi connectivity index (χ4v) is 2.99. The van der Waals surface area contributed by atoms with Crippen LogP contribution in [0.2, 0.25) is 0 Å². The van der Waals surface area contributed by atoms with E-state index in [1.165, 1.54) is 53.5 Å². The predicted molar refractivity (Wildman–Crippen MR) is 69.4 cm³/mol. The first kappa shape index (κ1) is 9.95. The van der Waals surface area contributed by atoms with E-state index in [2.05, 4.69) is 19.6 Å². The van der Waals surface area contributed by atoms with Gasteiger partial charge in [0.1, 0.15) is 0 Å². The average molecular weight is 213 g/mol. The maximum atomic E-state index is 6.34. The Hall–Kier alpha value is -1.24. The molecular weight excluding hydrogens is 194 g/mol. The van der Waals surface area contributed by atoms with Gasteiger partial charge in [0, 0.05) is 11.3 Å². The summed E-state index contributed by atoms with van der Waals surface area (Å²) < 4.78 is 0. The van der Waals surface area contributed by atoms with Crippen LogP contribution in [0, 0.1) is 12.8 Å². The van der Waals surface area contributed by atoms with E-state index in [4.69, 9.17) is 5.73 Å². The van der Waals surface area contributed by atoms with Crippen molar-refractivity contribution in [2.75, 3.05) is 5.73 Å². The molecule has 1 aromatic rings. The normalized spacial score (nSPS) is 18.6. The minimum Gasteiger partial charge on any atom is -0.398 e. The Kier molecular flexibility index (Phi) is 2.10. The van der Waals surface area contributed by atoms with Crippen LogP contribution >= 0.6 is 0 Å². The van der Waals surface area contributed by atoms with Gasteiger partial charge in [-0.25, -0.2) is 0 Å². The van der Waals surface area contributed by atoms with Crippen molar-refractivity contribution in [1.29, 1.82) is 0 Å². The maximum absolute atomic E-state index is 6.34. The van der Waals surface area contributed by atoms with Gasteiger partial charge >= 0.3 is 0 Å². The van der Waals surface area contributed by atoms with Gasteiger partial charge in [-0.3, -0.25) is 0 Å². The Bertz CT molecular complexity index is 467. The van der Waals surface area contributed by atoms with Crippen LogP contribution in [0.3, 0.4) is 0 Å². The van der Waals surface area contributed by atoms with E-state index in [1.54, 1.807) is 0 Å². The molecule has 0 radical (unpaired) electrons. The van der Waals surface area contributed by atoms with Crippen molar-refractivity contribution in [3.8, 4) is 0 Å². The lowest BCUT2D eigenvalue weighted by atomic mass is 9.91. The molecule has 0 saturated heterocycles. The fourth-order valence-electron chi connectivity index (χ4n) is 2.99. The summed E-state index contributed by atoms with van der Waals surface area (Å²) in [6.07, 6.45) is 6.23. The van der Waals surface area contributed by atoms with Crippen molar-refractivity contribution in [1.82, 2.24) is 0 Å². The number of aryl methyl sites for hydroxylation is 2. The number of fused-ring (bicyclic) bond motifs is 1. The zero-order valence-corrected chi connectivity index (χ0v) is 9.97. The standard InChI is InChI=1S/C15H19N/c1-9-8-12-4-3-5-13(12)15(16)14(9)10(2)11-6-7-11/h8,11H,2-7,16H2,1H3. The molecule has 3 rings (SSSR count). The van der Waals surface area contributed by atoms with Gasteiger partial charge in [-0.15, -0.1) is 0 Å². The van der Waals surface area contributed by atoms with Gasteiger partial charge in [-0.05, 0) is 67.2 Å². The SMILES string of the molecule is C=C(c1c(C)cc2c(c1N)CCC2)C1CC1. The second-order valence-electron chi connectivity index (χ2n) is 5.27. The topological polar surface area (TPSA) is 26.0 Å². The monoisotopic (exact) mass is 213 g/mol. The molecule has 84 valence electrons. The molecule has 2 N–H and O–H groups in total. The molecule has 1 fully saturated rings. The van der Waals surface area contributed by atoms with E-state index >= 15 is 0 Å². The Morgan fingerprint density at radius 2 is 2.12 bits per heavy atom. The molecule has 0 unspecified atom stereocenters. The summed E-state index contributed by atoms with van der Waals surface area (Å²) in [6.45, 7) is 6.43. The summed E-state index contributed by atoms with van der Waals surface area (Å²) in [7, 11) is 0. The van der Waals surface area contributed by atoms with Gasteiger partial charge < -0.3 is 5.73 Å². The quantitative estimate of drug-likeness (QED) is 0.748. The van der Waals surface area contributed by atoms with Gasteiger partial charge in [0.05, 0.1) is 0 Å². The average Bonchev–Trinajstić information content (AvgIpc) is 2.98. The first-order valence-electron chi connectivity index (χ1n) is 6.28. The number of nitrogen functional groups attached to an aromatic ring is 1. The highest BCUT2D eigenvalue weighted by atomic mass is 14.6. The number of hydrogen-bond donors (Lipinski definition) is 1. The highest BCUT2D eigenvalue weighted by Crippen LogP contribution is 2.45. The van der Waals surface area contributed by atoms with Crippen LogP contribution in [0.25, 0.3) is 5.57 Å². The van der Waals surface area contributed by atoms with Gasteiger partial charge in [-0.1, -0.05) is 12.6 Å². The molecule has 1 heteroatoms. The summed E-state index contributed by atoms with van der Waals surface area (Å²) in [5, 5.41) is 0. The summed E-state index contributed by atoms with van der Waals surface area (Å²) in [5.74, 6) is 0.709. The minimum atomic E-state index is 0.709. The van der Waals surface area contributed by atoms with Crippen LogP contribution in [0.4, 0.5) is 5.69 Å². The van der Waals surface area contributed by atoms with Crippen molar-refractivity contribution < 1.29 is 0 Å². The summed E-state index contributed by atoms with van der Waals surface area (Å²) >= 11 is 0. The predicted octanol–water partition coefficient (Wildman–Crippen LogP) is 3.49. The summed E-state index contributed by atoms with van der Waals surface area (Å²) in [6, 6.07) is 2.33. The molecule has 0 heterocycles. The Morgan fingerprint density at radius 3 is 2.81 bits per heavy atom. The molecule has 1 aromatic carbocycles. The largest absolute Gasteiger partial charge is 0.398 e. The third kappa shape index (κ3) is 1.38. The van der Waals surface area contributed by atoms with E-state index in [0.29, 0.717) is 5.92 Å². The highest BCUT2D eigenvalue weighted by Gasteiger charge is 2.29. The van der Waals surface area contributed by atoms with Gasteiger partial charge in [-0.2, -0.15) is 0 Å². The summed E-state index contributed by atoms with van der Waals surface area (Å²) in [4.78, 5) is 0. The number of hydrogen-bond acceptors (Lipinski definition) is 1. The number of nitrogens with two attached hydrogens (primary N) is 1. The van der Waals surface area contributed by atoms with E-state index in [9.17, 15) is 0 Å². The second-order valence-corrected chi connectivity index (χ2v) is 5.27. The first-order valence-corrected chi connectivity index (χ1v) is 6.28. The molecule has 0 bridgehead atoms. The maximum Gasteiger partial charge on any atom is 0.0428 e. The van der Waals surface area contributed by atoms with Crippen molar-refractivity contribution in [2.45, 2.75) is 39.0 Å². The molecule has 2 aliphatic rings. The number of allylic oxidation sites excluding steroid dienone is 1. The van der Waals surface area contributed by atoms with Crippen molar-refractivity contribution in [2.24, 2.45) is 5.92 Å².